The fourth-order valence-corrected chi connectivity index (χ4v) is 4.20. The van der Waals surface area contributed by atoms with Crippen molar-refractivity contribution in [1.82, 2.24) is 5.32 Å². The van der Waals surface area contributed by atoms with E-state index in [1.54, 1.807) is 12.1 Å². The third-order valence-electron chi connectivity index (χ3n) is 4.47. The molecule has 2 fully saturated rings. The summed E-state index contributed by atoms with van der Waals surface area (Å²) >= 11 is 1.37. The van der Waals surface area contributed by atoms with Gasteiger partial charge in [0.2, 0.25) is 11.8 Å². The zero-order valence-corrected chi connectivity index (χ0v) is 15.8. The summed E-state index contributed by atoms with van der Waals surface area (Å²) in [5.74, 6) is 0.451. The normalized spacial score (nSPS) is 22.3. The smallest absolute Gasteiger partial charge is 0.240 e. The number of nitrogens with one attached hydrogen (secondary N) is 2. The number of nitrogens with zero attached hydrogens (tertiary/aromatic N) is 1. The van der Waals surface area contributed by atoms with Gasteiger partial charge in [-0.15, -0.1) is 0 Å². The van der Waals surface area contributed by atoms with Gasteiger partial charge in [-0.3, -0.25) is 14.6 Å². The molecule has 7 heteroatoms. The Labute approximate surface area is 158 Å². The Hall–Kier alpha value is -2.02. The Bertz CT molecular complexity index is 669. The van der Waals surface area contributed by atoms with Gasteiger partial charge in [-0.25, -0.2) is 0 Å². The lowest BCUT2D eigenvalue weighted by molar-refractivity contribution is -0.122. The van der Waals surface area contributed by atoms with Crippen molar-refractivity contribution in [3.8, 4) is 5.75 Å². The van der Waals surface area contributed by atoms with Gasteiger partial charge in [0, 0.05) is 12.1 Å². The first-order valence-corrected chi connectivity index (χ1v) is 10.1. The molecule has 1 atom stereocenters. The monoisotopic (exact) mass is 375 g/mol. The van der Waals surface area contributed by atoms with Crippen LogP contribution in [0.15, 0.2) is 29.3 Å². The van der Waals surface area contributed by atoms with Crippen molar-refractivity contribution in [2.45, 2.75) is 56.7 Å². The number of amides is 2. The van der Waals surface area contributed by atoms with E-state index in [9.17, 15) is 9.59 Å². The van der Waals surface area contributed by atoms with Crippen LogP contribution < -0.4 is 15.4 Å². The minimum Gasteiger partial charge on any atom is -0.494 e. The fraction of sp³-hybridized carbons (Fsp3) is 0.526. The van der Waals surface area contributed by atoms with E-state index in [1.807, 2.05) is 19.1 Å². The topological polar surface area (TPSA) is 79.8 Å². The first-order chi connectivity index (χ1) is 12.6. The molecule has 1 aliphatic heterocycles. The molecule has 1 saturated heterocycles. The van der Waals surface area contributed by atoms with Crippen LogP contribution in [0.25, 0.3) is 0 Å². The Morgan fingerprint density at radius 1 is 1.27 bits per heavy atom. The molecular weight excluding hydrogens is 350 g/mol. The molecule has 1 saturated carbocycles. The highest BCUT2D eigenvalue weighted by Gasteiger charge is 2.32. The molecule has 1 heterocycles. The summed E-state index contributed by atoms with van der Waals surface area (Å²) in [6.45, 7) is 2.52. The molecule has 0 radical (unpaired) electrons. The van der Waals surface area contributed by atoms with Crippen LogP contribution in [-0.2, 0) is 9.59 Å². The Balaban J connectivity index is 1.50. The molecule has 0 spiro atoms. The van der Waals surface area contributed by atoms with Gasteiger partial charge in [0.05, 0.1) is 12.6 Å². The van der Waals surface area contributed by atoms with Crippen molar-refractivity contribution in [2.75, 3.05) is 11.9 Å². The third kappa shape index (κ3) is 5.24. The van der Waals surface area contributed by atoms with Crippen LogP contribution >= 0.6 is 11.8 Å². The van der Waals surface area contributed by atoms with E-state index in [0.717, 1.165) is 18.6 Å². The molecule has 1 unspecified atom stereocenters. The fourth-order valence-electron chi connectivity index (χ4n) is 3.16. The molecule has 1 aliphatic carbocycles. The summed E-state index contributed by atoms with van der Waals surface area (Å²) in [7, 11) is 0. The maximum atomic E-state index is 12.2. The predicted molar refractivity (Wildman–Crippen MR) is 105 cm³/mol. The number of benzene rings is 1. The molecule has 1 aromatic rings. The SMILES string of the molecule is CCOc1ccc(NC(=O)CC2SC(=NC3CCCCC3)NC2=O)cc1. The summed E-state index contributed by atoms with van der Waals surface area (Å²) in [5, 5.41) is 5.90. The van der Waals surface area contributed by atoms with Gasteiger partial charge in [0.25, 0.3) is 0 Å². The van der Waals surface area contributed by atoms with E-state index >= 15 is 0 Å². The van der Waals surface area contributed by atoms with Crippen molar-refractivity contribution < 1.29 is 14.3 Å². The standard InChI is InChI=1S/C19H25N3O3S/c1-2-25-15-10-8-14(9-11-15)20-17(23)12-16-18(24)22-19(26-16)21-13-6-4-3-5-7-13/h8-11,13,16H,2-7,12H2,1H3,(H,20,23)(H,21,22,24). The lowest BCUT2D eigenvalue weighted by Gasteiger charge is -2.17. The molecule has 2 amide bonds. The first-order valence-electron chi connectivity index (χ1n) is 9.22. The average molecular weight is 375 g/mol. The molecule has 140 valence electrons. The van der Waals surface area contributed by atoms with Crippen LogP contribution in [0.3, 0.4) is 0 Å². The zero-order chi connectivity index (χ0) is 18.4. The van der Waals surface area contributed by atoms with Crippen LogP contribution in [0, 0.1) is 0 Å². The summed E-state index contributed by atoms with van der Waals surface area (Å²) in [6, 6.07) is 7.51. The van der Waals surface area contributed by atoms with Crippen LogP contribution in [-0.4, -0.2) is 34.9 Å². The highest BCUT2D eigenvalue weighted by molar-refractivity contribution is 8.15. The molecule has 2 N–H and O–H groups in total. The van der Waals surface area contributed by atoms with Crippen LogP contribution in [0.4, 0.5) is 5.69 Å². The zero-order valence-electron chi connectivity index (χ0n) is 15.0. The van der Waals surface area contributed by atoms with Gasteiger partial charge in [0.1, 0.15) is 11.0 Å². The van der Waals surface area contributed by atoms with Gasteiger partial charge in [-0.05, 0) is 44.0 Å². The minimum absolute atomic E-state index is 0.132. The lowest BCUT2D eigenvalue weighted by Crippen LogP contribution is -2.28. The van der Waals surface area contributed by atoms with Crippen molar-refractivity contribution in [3.63, 3.8) is 0 Å². The van der Waals surface area contributed by atoms with Crippen molar-refractivity contribution in [3.05, 3.63) is 24.3 Å². The van der Waals surface area contributed by atoms with Crippen LogP contribution in [0.1, 0.15) is 45.4 Å². The maximum Gasteiger partial charge on any atom is 0.240 e. The van der Waals surface area contributed by atoms with Gasteiger partial charge < -0.3 is 15.4 Å². The maximum absolute atomic E-state index is 12.2. The molecule has 0 bridgehead atoms. The number of rotatable bonds is 6. The van der Waals surface area contributed by atoms with Gasteiger partial charge in [-0.2, -0.15) is 0 Å². The Morgan fingerprint density at radius 2 is 2.00 bits per heavy atom. The summed E-state index contributed by atoms with van der Waals surface area (Å²) in [6.07, 6.45) is 5.98. The number of thioether (sulfide) groups is 1. The van der Waals surface area contributed by atoms with Gasteiger partial charge in [-0.1, -0.05) is 31.0 Å². The second-order valence-electron chi connectivity index (χ2n) is 6.53. The van der Waals surface area contributed by atoms with E-state index in [1.165, 1.54) is 31.0 Å². The molecule has 0 aromatic heterocycles. The van der Waals surface area contributed by atoms with Crippen molar-refractivity contribution in [2.24, 2.45) is 4.99 Å². The second kappa shape index (κ2) is 9.07. The summed E-state index contributed by atoms with van der Waals surface area (Å²) in [4.78, 5) is 29.0. The number of carbonyl (C=O) groups is 2. The first kappa shape index (κ1) is 18.8. The van der Waals surface area contributed by atoms with E-state index < -0.39 is 5.25 Å². The number of aliphatic imine (C=N–C) groups is 1. The van der Waals surface area contributed by atoms with E-state index in [2.05, 4.69) is 15.6 Å². The average Bonchev–Trinajstić information content (AvgIpc) is 2.96. The van der Waals surface area contributed by atoms with E-state index in [0.29, 0.717) is 23.5 Å². The van der Waals surface area contributed by atoms with Crippen LogP contribution in [0.5, 0.6) is 5.75 Å². The van der Waals surface area contributed by atoms with Crippen LogP contribution in [0.2, 0.25) is 0 Å². The van der Waals surface area contributed by atoms with E-state index in [-0.39, 0.29) is 18.2 Å². The second-order valence-corrected chi connectivity index (χ2v) is 7.72. The summed E-state index contributed by atoms with van der Waals surface area (Å²) in [5.41, 5.74) is 0.693. The molecule has 1 aromatic carbocycles. The molecule has 6 nitrogen and oxygen atoms in total. The number of ether oxygens (including phenoxy) is 1. The largest absolute Gasteiger partial charge is 0.494 e. The highest BCUT2D eigenvalue weighted by Crippen LogP contribution is 2.27. The highest BCUT2D eigenvalue weighted by atomic mass is 32.2. The van der Waals surface area contributed by atoms with Gasteiger partial charge >= 0.3 is 0 Å². The third-order valence-corrected chi connectivity index (χ3v) is 5.57. The number of hydrogen-bond acceptors (Lipinski definition) is 5. The molecule has 2 aliphatic rings. The number of anilines is 1. The molecule has 3 rings (SSSR count). The van der Waals surface area contributed by atoms with Crippen molar-refractivity contribution in [1.29, 1.82) is 0 Å². The molecular formula is C19H25N3O3S. The Kier molecular flexibility index (Phi) is 6.55. The lowest BCUT2D eigenvalue weighted by atomic mass is 9.96. The minimum atomic E-state index is -0.417. The summed E-state index contributed by atoms with van der Waals surface area (Å²) < 4.78 is 5.38. The number of carbonyl (C=O) groups excluding carboxylic acids is 2. The number of hydrogen-bond donors (Lipinski definition) is 2. The molecule has 26 heavy (non-hydrogen) atoms. The predicted octanol–water partition coefficient (Wildman–Crippen LogP) is 3.33. The number of amidine groups is 1. The van der Waals surface area contributed by atoms with Gasteiger partial charge in [0.15, 0.2) is 5.17 Å². The van der Waals surface area contributed by atoms with E-state index in [4.69, 9.17) is 4.74 Å². The van der Waals surface area contributed by atoms with Crippen molar-refractivity contribution >= 4 is 34.4 Å². The Morgan fingerprint density at radius 3 is 2.69 bits per heavy atom. The quantitative estimate of drug-likeness (QED) is 0.799.